The van der Waals surface area contributed by atoms with Gasteiger partial charge in [0.15, 0.2) is 0 Å². The lowest BCUT2D eigenvalue weighted by molar-refractivity contribution is 0.1000. The molecule has 0 saturated heterocycles. The Morgan fingerprint density at radius 2 is 2.00 bits per heavy atom. The van der Waals surface area contributed by atoms with Crippen molar-refractivity contribution in [2.24, 2.45) is 5.73 Å². The van der Waals surface area contributed by atoms with E-state index < -0.39 is 5.91 Å². The lowest BCUT2D eigenvalue weighted by Crippen LogP contribution is -2.11. The van der Waals surface area contributed by atoms with E-state index in [4.69, 9.17) is 10.5 Å². The molecule has 0 bridgehead atoms. The minimum atomic E-state index is -0.553. The van der Waals surface area contributed by atoms with Gasteiger partial charge in [0.25, 0.3) is 0 Å². The summed E-state index contributed by atoms with van der Waals surface area (Å²) in [6, 6.07) is 9.14. The molecular weight excluding hydrogens is 346 g/mol. The van der Waals surface area contributed by atoms with E-state index >= 15 is 0 Å². The van der Waals surface area contributed by atoms with Crippen molar-refractivity contribution in [2.75, 3.05) is 12.4 Å². The van der Waals surface area contributed by atoms with Crippen molar-refractivity contribution in [3.63, 3.8) is 0 Å². The summed E-state index contributed by atoms with van der Waals surface area (Å²) in [5, 5.41) is 7.54. The van der Waals surface area contributed by atoms with E-state index in [2.05, 4.69) is 25.4 Å². The topological polar surface area (TPSA) is 120 Å². The number of primary amides is 1. The third kappa shape index (κ3) is 3.25. The average Bonchev–Trinajstić information content (AvgIpc) is 3.11. The Labute approximate surface area is 153 Å². The number of amides is 1. The number of nitrogens with zero attached hydrogens (tertiary/aromatic N) is 5. The van der Waals surface area contributed by atoms with Crippen LogP contribution in [0.25, 0.3) is 16.8 Å². The molecule has 0 aromatic carbocycles. The number of aromatic nitrogens is 5. The maximum Gasteiger partial charge on any atom is 0.250 e. The van der Waals surface area contributed by atoms with Crippen molar-refractivity contribution in [3.8, 4) is 17.1 Å². The molecular formula is C18H15N7O2. The number of anilines is 2. The number of pyridine rings is 2. The smallest absolute Gasteiger partial charge is 0.250 e. The first-order valence-corrected chi connectivity index (χ1v) is 8.01. The zero-order chi connectivity index (χ0) is 18.8. The molecule has 4 heterocycles. The minimum Gasteiger partial charge on any atom is -0.481 e. The summed E-state index contributed by atoms with van der Waals surface area (Å²) < 4.78 is 6.85. The number of hydrogen-bond acceptors (Lipinski definition) is 7. The van der Waals surface area contributed by atoms with Crippen LogP contribution in [0.5, 0.6) is 5.88 Å². The molecule has 27 heavy (non-hydrogen) atoms. The Bertz CT molecular complexity index is 1120. The van der Waals surface area contributed by atoms with Crippen LogP contribution in [0.2, 0.25) is 0 Å². The Morgan fingerprint density at radius 3 is 2.74 bits per heavy atom. The molecule has 0 spiro atoms. The molecule has 0 aliphatic rings. The number of nitrogens with one attached hydrogen (secondary N) is 1. The third-order valence-corrected chi connectivity index (χ3v) is 3.92. The van der Waals surface area contributed by atoms with Gasteiger partial charge in [-0.2, -0.15) is 0 Å². The summed E-state index contributed by atoms with van der Waals surface area (Å²) in [5.74, 6) is 0.338. The number of nitrogens with two attached hydrogens (primary N) is 1. The predicted octanol–water partition coefficient (Wildman–Crippen LogP) is 2.04. The number of hydrogen-bond donors (Lipinski definition) is 2. The highest BCUT2D eigenvalue weighted by Crippen LogP contribution is 2.23. The highest BCUT2D eigenvalue weighted by molar-refractivity contribution is 5.93. The minimum absolute atomic E-state index is 0.298. The van der Waals surface area contributed by atoms with E-state index in [9.17, 15) is 4.79 Å². The second-order valence-electron chi connectivity index (χ2n) is 5.68. The lowest BCUT2D eigenvalue weighted by atomic mass is 10.2. The van der Waals surface area contributed by atoms with Gasteiger partial charge >= 0.3 is 0 Å². The molecule has 4 aromatic rings. The fourth-order valence-corrected chi connectivity index (χ4v) is 2.60. The van der Waals surface area contributed by atoms with Gasteiger partial charge in [-0.05, 0) is 24.3 Å². The molecule has 4 aromatic heterocycles. The molecule has 9 heteroatoms. The Morgan fingerprint density at radius 1 is 1.11 bits per heavy atom. The summed E-state index contributed by atoms with van der Waals surface area (Å²) in [7, 11) is 1.57. The molecule has 4 rings (SSSR count). The molecule has 134 valence electrons. The van der Waals surface area contributed by atoms with Gasteiger partial charge in [0.2, 0.25) is 17.7 Å². The lowest BCUT2D eigenvalue weighted by Gasteiger charge is -2.07. The largest absolute Gasteiger partial charge is 0.481 e. The quantitative estimate of drug-likeness (QED) is 0.558. The van der Waals surface area contributed by atoms with Gasteiger partial charge < -0.3 is 15.8 Å². The zero-order valence-corrected chi connectivity index (χ0v) is 14.3. The van der Waals surface area contributed by atoms with Crippen LogP contribution in [0.1, 0.15) is 10.4 Å². The molecule has 0 radical (unpaired) electrons. The molecule has 0 unspecified atom stereocenters. The van der Waals surface area contributed by atoms with Crippen LogP contribution in [0, 0.1) is 0 Å². The van der Waals surface area contributed by atoms with Gasteiger partial charge in [-0.3, -0.25) is 9.78 Å². The van der Waals surface area contributed by atoms with Gasteiger partial charge in [0, 0.05) is 24.0 Å². The predicted molar refractivity (Wildman–Crippen MR) is 98.8 cm³/mol. The van der Waals surface area contributed by atoms with Crippen LogP contribution >= 0.6 is 0 Å². The summed E-state index contributed by atoms with van der Waals surface area (Å²) in [4.78, 5) is 23.8. The van der Waals surface area contributed by atoms with E-state index in [-0.39, 0.29) is 0 Å². The maximum atomic E-state index is 11.3. The molecule has 1 amide bonds. The average molecular weight is 361 g/mol. The van der Waals surface area contributed by atoms with E-state index in [1.54, 1.807) is 42.3 Å². The van der Waals surface area contributed by atoms with E-state index in [0.29, 0.717) is 23.1 Å². The third-order valence-electron chi connectivity index (χ3n) is 3.92. The first-order chi connectivity index (χ1) is 13.1. The van der Waals surface area contributed by atoms with Crippen molar-refractivity contribution in [1.82, 2.24) is 24.6 Å². The number of fused-ring (bicyclic) bond motifs is 1. The Kier molecular flexibility index (Phi) is 4.09. The van der Waals surface area contributed by atoms with Gasteiger partial charge in [-0.25, -0.2) is 14.5 Å². The molecule has 0 fully saturated rings. The van der Waals surface area contributed by atoms with Crippen LogP contribution in [-0.4, -0.2) is 37.6 Å². The summed E-state index contributed by atoms with van der Waals surface area (Å²) in [5.41, 5.74) is 8.72. The maximum absolute atomic E-state index is 11.3. The van der Waals surface area contributed by atoms with Crippen molar-refractivity contribution in [1.29, 1.82) is 0 Å². The van der Waals surface area contributed by atoms with E-state index in [1.165, 1.54) is 6.20 Å². The van der Waals surface area contributed by atoms with Crippen LogP contribution in [0.15, 0.2) is 55.1 Å². The number of carbonyl (C=O) groups is 1. The number of ether oxygens (including phenoxy) is 1. The highest BCUT2D eigenvalue weighted by Gasteiger charge is 2.09. The molecule has 0 aliphatic heterocycles. The first kappa shape index (κ1) is 16.5. The summed E-state index contributed by atoms with van der Waals surface area (Å²) >= 11 is 0. The number of methoxy groups -OCH3 is 1. The first-order valence-electron chi connectivity index (χ1n) is 8.01. The van der Waals surface area contributed by atoms with Gasteiger partial charge in [0.1, 0.15) is 0 Å². The van der Waals surface area contributed by atoms with Crippen LogP contribution in [-0.2, 0) is 0 Å². The van der Waals surface area contributed by atoms with Crippen LogP contribution in [0.3, 0.4) is 0 Å². The van der Waals surface area contributed by atoms with E-state index in [0.717, 1.165) is 16.8 Å². The molecule has 3 N–H and O–H groups in total. The van der Waals surface area contributed by atoms with Crippen molar-refractivity contribution < 1.29 is 9.53 Å². The molecule has 0 atom stereocenters. The fourth-order valence-electron chi connectivity index (χ4n) is 2.60. The van der Waals surface area contributed by atoms with Crippen molar-refractivity contribution in [2.45, 2.75) is 0 Å². The SMILES string of the molecule is COc1ccc(-c2ccc3cnc(Nc4cncc(C(N)=O)c4)nn23)cn1. The monoisotopic (exact) mass is 361 g/mol. The van der Waals surface area contributed by atoms with Crippen molar-refractivity contribution >= 4 is 23.1 Å². The second kappa shape index (κ2) is 6.71. The Balaban J connectivity index is 1.69. The Hall–Kier alpha value is -4.01. The molecule has 0 saturated carbocycles. The van der Waals surface area contributed by atoms with Gasteiger partial charge in [0.05, 0.1) is 42.0 Å². The summed E-state index contributed by atoms with van der Waals surface area (Å²) in [6.45, 7) is 0. The van der Waals surface area contributed by atoms with Gasteiger partial charge in [-0.1, -0.05) is 0 Å². The normalized spacial score (nSPS) is 10.7. The van der Waals surface area contributed by atoms with Crippen LogP contribution < -0.4 is 15.8 Å². The summed E-state index contributed by atoms with van der Waals surface area (Å²) in [6.07, 6.45) is 6.37. The molecule has 0 aliphatic carbocycles. The number of rotatable bonds is 5. The van der Waals surface area contributed by atoms with Crippen molar-refractivity contribution in [3.05, 3.63) is 60.7 Å². The number of carbonyl (C=O) groups excluding carboxylic acids is 1. The fraction of sp³-hybridized carbons (Fsp3) is 0.0556. The zero-order valence-electron chi connectivity index (χ0n) is 14.3. The standard InChI is InChI=1S/C18H15N7O2/c1-27-16-5-2-11(8-21-16)15-4-3-14-10-22-18(24-25(14)15)23-13-6-12(17(19)26)7-20-9-13/h2-10H,1H3,(H2,19,26)(H,23,24). The molecule has 9 nitrogen and oxygen atoms in total. The van der Waals surface area contributed by atoms with Crippen LogP contribution in [0.4, 0.5) is 11.6 Å². The highest BCUT2D eigenvalue weighted by atomic mass is 16.5. The second-order valence-corrected chi connectivity index (χ2v) is 5.68. The van der Waals surface area contributed by atoms with Gasteiger partial charge in [-0.15, -0.1) is 5.10 Å². The van der Waals surface area contributed by atoms with E-state index in [1.807, 2.05) is 18.2 Å².